The summed E-state index contributed by atoms with van der Waals surface area (Å²) in [6, 6.07) is 12.5. The van der Waals surface area contributed by atoms with Gasteiger partial charge in [0, 0.05) is 0 Å². The van der Waals surface area contributed by atoms with Crippen molar-refractivity contribution < 1.29 is 4.79 Å². The minimum atomic E-state index is 0.0252. The van der Waals surface area contributed by atoms with Gasteiger partial charge in [0.2, 0.25) is 5.91 Å². The van der Waals surface area contributed by atoms with Crippen molar-refractivity contribution in [1.82, 2.24) is 5.32 Å². The number of rotatable bonds is 4. The largest absolute Gasteiger partial charge is 0.349 e. The monoisotopic (exact) mass is 295 g/mol. The molecule has 2 aromatic rings. The van der Waals surface area contributed by atoms with Crippen LogP contribution in [0.2, 0.25) is 0 Å². The highest BCUT2D eigenvalue weighted by atomic mass is 16.1. The van der Waals surface area contributed by atoms with Crippen molar-refractivity contribution >= 4 is 5.91 Å². The topological polar surface area (TPSA) is 29.1 Å². The zero-order valence-corrected chi connectivity index (χ0v) is 14.2. The summed E-state index contributed by atoms with van der Waals surface area (Å²) >= 11 is 0. The average Bonchev–Trinajstić information content (AvgIpc) is 2.45. The van der Waals surface area contributed by atoms with E-state index in [1.54, 1.807) is 0 Å². The Bertz CT molecular complexity index is 671. The van der Waals surface area contributed by atoms with E-state index in [9.17, 15) is 4.79 Å². The molecule has 1 atom stereocenters. The van der Waals surface area contributed by atoms with E-state index in [1.807, 2.05) is 31.2 Å². The first-order valence-corrected chi connectivity index (χ1v) is 7.79. The summed E-state index contributed by atoms with van der Waals surface area (Å²) in [5, 5.41) is 3.11. The predicted molar refractivity (Wildman–Crippen MR) is 92.1 cm³/mol. The van der Waals surface area contributed by atoms with Gasteiger partial charge in [-0.05, 0) is 62.4 Å². The lowest BCUT2D eigenvalue weighted by Crippen LogP contribution is -2.28. The van der Waals surface area contributed by atoms with Crippen LogP contribution < -0.4 is 5.32 Å². The van der Waals surface area contributed by atoms with Crippen LogP contribution in [0.15, 0.2) is 36.4 Å². The Hall–Kier alpha value is -2.09. The molecule has 0 unspecified atom stereocenters. The molecule has 1 amide bonds. The Labute approximate surface area is 133 Å². The molecule has 0 heterocycles. The van der Waals surface area contributed by atoms with Crippen LogP contribution in [0.25, 0.3) is 0 Å². The molecule has 22 heavy (non-hydrogen) atoms. The molecule has 2 rings (SSSR count). The van der Waals surface area contributed by atoms with Gasteiger partial charge in [0.05, 0.1) is 12.5 Å². The van der Waals surface area contributed by atoms with E-state index in [0.717, 1.165) is 5.56 Å². The van der Waals surface area contributed by atoms with E-state index < -0.39 is 0 Å². The molecule has 0 spiro atoms. The number of aryl methyl sites for hydroxylation is 4. The van der Waals surface area contributed by atoms with Crippen LogP contribution in [0.3, 0.4) is 0 Å². The van der Waals surface area contributed by atoms with E-state index >= 15 is 0 Å². The summed E-state index contributed by atoms with van der Waals surface area (Å²) in [5.74, 6) is 0.0639. The maximum atomic E-state index is 12.2. The standard InChI is InChI=1S/C20H25NO/c1-13-6-8-18(9-7-13)12-20(22)21-17(5)19-11-15(3)14(2)10-16(19)4/h6-11,17H,12H2,1-5H3,(H,21,22)/t17-/m0/s1. The maximum absolute atomic E-state index is 12.2. The fourth-order valence-corrected chi connectivity index (χ4v) is 2.71. The number of carbonyl (C=O) groups is 1. The molecule has 1 N–H and O–H groups in total. The Morgan fingerprint density at radius 1 is 0.955 bits per heavy atom. The fraction of sp³-hybridized carbons (Fsp3) is 0.350. The van der Waals surface area contributed by atoms with Gasteiger partial charge >= 0.3 is 0 Å². The van der Waals surface area contributed by atoms with Gasteiger partial charge in [0.25, 0.3) is 0 Å². The lowest BCUT2D eigenvalue weighted by atomic mass is 9.96. The highest BCUT2D eigenvalue weighted by Crippen LogP contribution is 2.21. The van der Waals surface area contributed by atoms with Gasteiger partial charge in [-0.2, -0.15) is 0 Å². The van der Waals surface area contributed by atoms with E-state index in [0.29, 0.717) is 6.42 Å². The second-order valence-corrected chi connectivity index (χ2v) is 6.24. The SMILES string of the molecule is Cc1ccc(CC(=O)N[C@@H](C)c2cc(C)c(C)cc2C)cc1. The van der Waals surface area contributed by atoms with E-state index in [-0.39, 0.29) is 11.9 Å². The number of benzene rings is 2. The summed E-state index contributed by atoms with van der Waals surface area (Å²) in [6.07, 6.45) is 0.425. The van der Waals surface area contributed by atoms with Gasteiger partial charge in [0.15, 0.2) is 0 Å². The molecule has 0 aromatic heterocycles. The summed E-state index contributed by atoms with van der Waals surface area (Å²) in [4.78, 5) is 12.2. The molecule has 0 fully saturated rings. The predicted octanol–water partition coefficient (Wildman–Crippen LogP) is 4.34. The first-order valence-electron chi connectivity index (χ1n) is 7.79. The van der Waals surface area contributed by atoms with Crippen molar-refractivity contribution in [2.24, 2.45) is 0 Å². The molecule has 0 aliphatic carbocycles. The molecule has 0 saturated heterocycles. The average molecular weight is 295 g/mol. The normalized spacial score (nSPS) is 12.0. The van der Waals surface area contributed by atoms with Crippen molar-refractivity contribution in [1.29, 1.82) is 0 Å². The van der Waals surface area contributed by atoms with Crippen LogP contribution >= 0.6 is 0 Å². The lowest BCUT2D eigenvalue weighted by molar-refractivity contribution is -0.121. The Morgan fingerprint density at radius 2 is 1.55 bits per heavy atom. The van der Waals surface area contributed by atoms with Gasteiger partial charge in [-0.1, -0.05) is 42.0 Å². The van der Waals surface area contributed by atoms with E-state index in [2.05, 4.69) is 45.1 Å². The lowest BCUT2D eigenvalue weighted by Gasteiger charge is -2.18. The summed E-state index contributed by atoms with van der Waals surface area (Å²) in [7, 11) is 0. The zero-order valence-electron chi connectivity index (χ0n) is 14.2. The third-order valence-corrected chi connectivity index (χ3v) is 4.21. The quantitative estimate of drug-likeness (QED) is 0.893. The maximum Gasteiger partial charge on any atom is 0.224 e. The first kappa shape index (κ1) is 16.3. The number of hydrogen-bond acceptors (Lipinski definition) is 1. The summed E-state index contributed by atoms with van der Waals surface area (Å²) in [5.41, 5.74) is 7.24. The first-order chi connectivity index (χ1) is 10.4. The minimum Gasteiger partial charge on any atom is -0.349 e. The third kappa shape index (κ3) is 3.97. The molecule has 0 saturated carbocycles. The number of nitrogens with one attached hydrogen (secondary N) is 1. The summed E-state index contributed by atoms with van der Waals surface area (Å²) < 4.78 is 0. The van der Waals surface area contributed by atoms with Crippen LogP contribution in [0, 0.1) is 27.7 Å². The number of carbonyl (C=O) groups excluding carboxylic acids is 1. The van der Waals surface area contributed by atoms with Crippen molar-refractivity contribution in [3.63, 3.8) is 0 Å². The molecule has 0 bridgehead atoms. The Kier molecular flexibility index (Phi) is 5.02. The van der Waals surface area contributed by atoms with Crippen LogP contribution in [-0.4, -0.2) is 5.91 Å². The van der Waals surface area contributed by atoms with E-state index in [1.165, 1.54) is 27.8 Å². The minimum absolute atomic E-state index is 0.0252. The Balaban J connectivity index is 2.05. The smallest absolute Gasteiger partial charge is 0.224 e. The molecule has 2 heteroatoms. The van der Waals surface area contributed by atoms with Crippen LogP contribution in [-0.2, 0) is 11.2 Å². The molecular formula is C20H25NO. The fourth-order valence-electron chi connectivity index (χ4n) is 2.71. The third-order valence-electron chi connectivity index (χ3n) is 4.21. The Morgan fingerprint density at radius 3 is 2.18 bits per heavy atom. The number of hydrogen-bond donors (Lipinski definition) is 1. The molecule has 2 nitrogen and oxygen atoms in total. The number of amides is 1. The molecule has 2 aromatic carbocycles. The molecular weight excluding hydrogens is 270 g/mol. The van der Waals surface area contributed by atoms with Gasteiger partial charge in [-0.15, -0.1) is 0 Å². The highest BCUT2D eigenvalue weighted by molar-refractivity contribution is 5.79. The van der Waals surface area contributed by atoms with Crippen LogP contribution in [0.4, 0.5) is 0 Å². The zero-order chi connectivity index (χ0) is 16.3. The molecule has 0 radical (unpaired) electrons. The summed E-state index contributed by atoms with van der Waals surface area (Å²) in [6.45, 7) is 10.4. The van der Waals surface area contributed by atoms with Crippen LogP contribution in [0.1, 0.15) is 46.3 Å². The highest BCUT2D eigenvalue weighted by Gasteiger charge is 2.13. The van der Waals surface area contributed by atoms with E-state index in [4.69, 9.17) is 0 Å². The van der Waals surface area contributed by atoms with Crippen LogP contribution in [0.5, 0.6) is 0 Å². The molecule has 0 aliphatic heterocycles. The molecule has 0 aliphatic rings. The van der Waals surface area contributed by atoms with Gasteiger partial charge in [-0.25, -0.2) is 0 Å². The second-order valence-electron chi connectivity index (χ2n) is 6.24. The van der Waals surface area contributed by atoms with Crippen molar-refractivity contribution in [2.45, 2.75) is 47.1 Å². The van der Waals surface area contributed by atoms with Crippen molar-refractivity contribution in [3.05, 3.63) is 69.8 Å². The second kappa shape index (κ2) is 6.78. The van der Waals surface area contributed by atoms with Gasteiger partial charge in [-0.3, -0.25) is 4.79 Å². The van der Waals surface area contributed by atoms with Gasteiger partial charge in [0.1, 0.15) is 0 Å². The van der Waals surface area contributed by atoms with Gasteiger partial charge < -0.3 is 5.32 Å². The molecule has 116 valence electrons. The van der Waals surface area contributed by atoms with Crippen molar-refractivity contribution in [3.8, 4) is 0 Å². The van der Waals surface area contributed by atoms with Crippen molar-refractivity contribution in [2.75, 3.05) is 0 Å².